The molecule has 8 nitrogen and oxygen atoms in total. The second-order valence-corrected chi connectivity index (χ2v) is 5.80. The van der Waals surface area contributed by atoms with Crippen molar-refractivity contribution in [1.82, 2.24) is 15.5 Å². The zero-order valence-electron chi connectivity index (χ0n) is 15.1. The number of carbonyl (C=O) groups excluding carboxylic acids is 1. The van der Waals surface area contributed by atoms with Crippen LogP contribution in [0.25, 0.3) is 11.4 Å². The summed E-state index contributed by atoms with van der Waals surface area (Å²) in [6.07, 6.45) is 0.452. The van der Waals surface area contributed by atoms with Crippen LogP contribution in [0, 0.1) is 5.92 Å². The number of rotatable bonds is 8. The largest absolute Gasteiger partial charge is 0.493 e. The van der Waals surface area contributed by atoms with Crippen molar-refractivity contribution in [3.63, 3.8) is 0 Å². The molecule has 0 radical (unpaired) electrons. The maximum Gasteiger partial charge on any atom is 0.246 e. The van der Waals surface area contributed by atoms with E-state index in [9.17, 15) is 4.79 Å². The number of methoxy groups -OCH3 is 3. The molecule has 2 rings (SSSR count). The molecule has 0 unspecified atom stereocenters. The van der Waals surface area contributed by atoms with Crippen molar-refractivity contribution in [3.05, 3.63) is 18.0 Å². The quantitative estimate of drug-likeness (QED) is 0.782. The molecule has 0 spiro atoms. The molecule has 0 aliphatic carbocycles. The Bertz CT molecular complexity index is 702. The SMILES string of the molecule is COc1cc(-c2noc(CNC(=O)CC(C)C)n2)cc(OC)c1OC. The van der Waals surface area contributed by atoms with Gasteiger partial charge in [0.05, 0.1) is 27.9 Å². The van der Waals surface area contributed by atoms with Crippen molar-refractivity contribution in [2.24, 2.45) is 5.92 Å². The smallest absolute Gasteiger partial charge is 0.246 e. The van der Waals surface area contributed by atoms with Crippen LogP contribution in [0.2, 0.25) is 0 Å². The lowest BCUT2D eigenvalue weighted by molar-refractivity contribution is -0.122. The van der Waals surface area contributed by atoms with Crippen molar-refractivity contribution in [3.8, 4) is 28.6 Å². The van der Waals surface area contributed by atoms with Crippen LogP contribution >= 0.6 is 0 Å². The molecule has 0 saturated heterocycles. The fraction of sp³-hybridized carbons (Fsp3) is 0.471. The topological polar surface area (TPSA) is 95.7 Å². The first-order valence-electron chi connectivity index (χ1n) is 7.88. The van der Waals surface area contributed by atoms with E-state index in [-0.39, 0.29) is 18.4 Å². The van der Waals surface area contributed by atoms with Crippen LogP contribution in [-0.4, -0.2) is 37.4 Å². The Labute approximate surface area is 146 Å². The summed E-state index contributed by atoms with van der Waals surface area (Å²) in [6.45, 7) is 4.15. The molecule has 0 aliphatic heterocycles. The standard InChI is InChI=1S/C17H23N3O5/c1-10(2)6-14(21)18-9-15-19-17(20-25-15)11-7-12(22-3)16(24-5)13(8-11)23-4/h7-8,10H,6,9H2,1-5H3,(H,18,21). The highest BCUT2D eigenvalue weighted by Crippen LogP contribution is 2.40. The lowest BCUT2D eigenvalue weighted by atomic mass is 10.1. The normalized spacial score (nSPS) is 10.6. The van der Waals surface area contributed by atoms with Gasteiger partial charge < -0.3 is 24.1 Å². The van der Waals surface area contributed by atoms with Gasteiger partial charge in [0.2, 0.25) is 23.4 Å². The molecular formula is C17H23N3O5. The molecule has 0 saturated carbocycles. The first-order chi connectivity index (χ1) is 12.0. The zero-order valence-corrected chi connectivity index (χ0v) is 15.1. The molecular weight excluding hydrogens is 326 g/mol. The molecule has 0 fully saturated rings. The number of aromatic nitrogens is 2. The van der Waals surface area contributed by atoms with Crippen LogP contribution in [0.5, 0.6) is 17.2 Å². The number of benzene rings is 1. The van der Waals surface area contributed by atoms with E-state index in [1.165, 1.54) is 21.3 Å². The number of nitrogens with zero attached hydrogens (tertiary/aromatic N) is 2. The Morgan fingerprint density at radius 2 is 1.80 bits per heavy atom. The third kappa shape index (κ3) is 4.62. The van der Waals surface area contributed by atoms with Crippen molar-refractivity contribution >= 4 is 5.91 Å². The zero-order chi connectivity index (χ0) is 18.4. The van der Waals surface area contributed by atoms with Gasteiger partial charge in [0.25, 0.3) is 0 Å². The van der Waals surface area contributed by atoms with Gasteiger partial charge in [-0.05, 0) is 18.1 Å². The van der Waals surface area contributed by atoms with E-state index in [0.29, 0.717) is 40.9 Å². The van der Waals surface area contributed by atoms with Gasteiger partial charge in [0.1, 0.15) is 0 Å². The van der Waals surface area contributed by atoms with Gasteiger partial charge in [-0.25, -0.2) is 0 Å². The fourth-order valence-electron chi connectivity index (χ4n) is 2.27. The molecule has 0 atom stereocenters. The first kappa shape index (κ1) is 18.6. The Balaban J connectivity index is 2.17. The third-order valence-corrected chi connectivity index (χ3v) is 3.42. The molecule has 2 aromatic rings. The van der Waals surface area contributed by atoms with Crippen molar-refractivity contribution < 1.29 is 23.5 Å². The van der Waals surface area contributed by atoms with E-state index < -0.39 is 0 Å². The van der Waals surface area contributed by atoms with E-state index in [1.54, 1.807) is 12.1 Å². The molecule has 1 aromatic heterocycles. The van der Waals surface area contributed by atoms with Crippen molar-refractivity contribution in [2.45, 2.75) is 26.8 Å². The van der Waals surface area contributed by atoms with Crippen LogP contribution in [0.3, 0.4) is 0 Å². The Hall–Kier alpha value is -2.77. The Kier molecular flexibility index (Phi) is 6.21. The summed E-state index contributed by atoms with van der Waals surface area (Å²) in [4.78, 5) is 16.0. The number of hydrogen-bond acceptors (Lipinski definition) is 7. The molecule has 0 bridgehead atoms. The summed E-state index contributed by atoms with van der Waals surface area (Å²) in [6, 6.07) is 3.46. The predicted molar refractivity (Wildman–Crippen MR) is 90.7 cm³/mol. The van der Waals surface area contributed by atoms with Crippen LogP contribution < -0.4 is 19.5 Å². The van der Waals surface area contributed by atoms with Crippen molar-refractivity contribution in [1.29, 1.82) is 0 Å². The van der Waals surface area contributed by atoms with E-state index in [2.05, 4.69) is 15.5 Å². The monoisotopic (exact) mass is 349 g/mol. The van der Waals surface area contributed by atoms with Gasteiger partial charge in [-0.1, -0.05) is 19.0 Å². The number of ether oxygens (including phenoxy) is 3. The van der Waals surface area contributed by atoms with Crippen LogP contribution in [0.1, 0.15) is 26.2 Å². The lowest BCUT2D eigenvalue weighted by Crippen LogP contribution is -2.24. The summed E-state index contributed by atoms with van der Waals surface area (Å²) >= 11 is 0. The predicted octanol–water partition coefficient (Wildman–Crippen LogP) is 2.42. The average molecular weight is 349 g/mol. The molecule has 1 amide bonds. The van der Waals surface area contributed by atoms with Gasteiger partial charge >= 0.3 is 0 Å². The van der Waals surface area contributed by atoms with E-state index >= 15 is 0 Å². The number of carbonyl (C=O) groups is 1. The van der Waals surface area contributed by atoms with Gasteiger partial charge in [-0.3, -0.25) is 4.79 Å². The summed E-state index contributed by atoms with van der Waals surface area (Å²) in [5, 5.41) is 6.70. The van der Waals surface area contributed by atoms with E-state index in [0.717, 1.165) is 0 Å². The second-order valence-electron chi connectivity index (χ2n) is 5.80. The molecule has 1 N–H and O–H groups in total. The average Bonchev–Trinajstić information content (AvgIpc) is 3.07. The highest BCUT2D eigenvalue weighted by Gasteiger charge is 2.17. The van der Waals surface area contributed by atoms with Gasteiger partial charge in [-0.15, -0.1) is 0 Å². The number of amides is 1. The number of nitrogens with one attached hydrogen (secondary N) is 1. The first-order valence-corrected chi connectivity index (χ1v) is 7.88. The summed E-state index contributed by atoms with van der Waals surface area (Å²) in [5.41, 5.74) is 0.651. The molecule has 8 heteroatoms. The molecule has 136 valence electrons. The van der Waals surface area contributed by atoms with E-state index in [4.69, 9.17) is 18.7 Å². The minimum atomic E-state index is -0.0532. The van der Waals surface area contributed by atoms with E-state index in [1.807, 2.05) is 13.8 Å². The molecule has 25 heavy (non-hydrogen) atoms. The van der Waals surface area contributed by atoms with Gasteiger partial charge in [0, 0.05) is 12.0 Å². The summed E-state index contributed by atoms with van der Waals surface area (Å²) < 4.78 is 21.1. The minimum Gasteiger partial charge on any atom is -0.493 e. The number of hydrogen-bond donors (Lipinski definition) is 1. The lowest BCUT2D eigenvalue weighted by Gasteiger charge is -2.12. The summed E-state index contributed by atoms with van der Waals surface area (Å²) in [5.74, 6) is 2.40. The van der Waals surface area contributed by atoms with Crippen molar-refractivity contribution in [2.75, 3.05) is 21.3 Å². The molecule has 0 aliphatic rings. The molecule has 1 heterocycles. The maximum absolute atomic E-state index is 11.7. The highest BCUT2D eigenvalue weighted by molar-refractivity contribution is 5.75. The fourth-order valence-corrected chi connectivity index (χ4v) is 2.27. The maximum atomic E-state index is 11.7. The second kappa shape index (κ2) is 8.36. The minimum absolute atomic E-state index is 0.0532. The Morgan fingerprint density at radius 1 is 1.16 bits per heavy atom. The molecule has 1 aromatic carbocycles. The van der Waals surface area contributed by atoms with Gasteiger partial charge in [0.15, 0.2) is 11.5 Å². The van der Waals surface area contributed by atoms with Gasteiger partial charge in [-0.2, -0.15) is 4.98 Å². The highest BCUT2D eigenvalue weighted by atomic mass is 16.5. The van der Waals surface area contributed by atoms with Crippen LogP contribution in [0.15, 0.2) is 16.7 Å². The third-order valence-electron chi connectivity index (χ3n) is 3.42. The van der Waals surface area contributed by atoms with Crippen LogP contribution in [-0.2, 0) is 11.3 Å². The van der Waals surface area contributed by atoms with Crippen LogP contribution in [0.4, 0.5) is 0 Å². The summed E-state index contributed by atoms with van der Waals surface area (Å²) in [7, 11) is 4.60. The Morgan fingerprint density at radius 3 is 2.32 bits per heavy atom.